The van der Waals surface area contributed by atoms with Gasteiger partial charge in [-0.3, -0.25) is 9.59 Å². The predicted octanol–water partition coefficient (Wildman–Crippen LogP) is 1.12. The molecular formula is C15H26N2O7. The van der Waals surface area contributed by atoms with Gasteiger partial charge in [-0.15, -0.1) is 0 Å². The Bertz CT molecular complexity index is 457. The lowest BCUT2D eigenvalue weighted by Crippen LogP contribution is -2.41. The number of nitrogens with one attached hydrogen (secondary N) is 2. The van der Waals surface area contributed by atoms with E-state index in [0.29, 0.717) is 19.4 Å². The summed E-state index contributed by atoms with van der Waals surface area (Å²) in [6.07, 6.45) is 0.0146. The molecule has 2 amide bonds. The second-order valence-corrected chi connectivity index (χ2v) is 6.28. The van der Waals surface area contributed by atoms with Crippen LogP contribution in [0.1, 0.15) is 52.9 Å². The Hall–Kier alpha value is -2.32. The van der Waals surface area contributed by atoms with E-state index in [1.54, 1.807) is 20.8 Å². The Morgan fingerprint density at radius 3 is 2.17 bits per heavy atom. The van der Waals surface area contributed by atoms with Gasteiger partial charge in [0.1, 0.15) is 11.6 Å². The van der Waals surface area contributed by atoms with Gasteiger partial charge in [0, 0.05) is 13.0 Å². The van der Waals surface area contributed by atoms with Crippen LogP contribution in [0.5, 0.6) is 0 Å². The summed E-state index contributed by atoms with van der Waals surface area (Å²) in [7, 11) is 0. The maximum absolute atomic E-state index is 11.5. The van der Waals surface area contributed by atoms with Crippen LogP contribution in [0, 0.1) is 0 Å². The molecule has 0 radical (unpaired) electrons. The van der Waals surface area contributed by atoms with Crippen molar-refractivity contribution in [3.63, 3.8) is 0 Å². The van der Waals surface area contributed by atoms with E-state index in [0.717, 1.165) is 0 Å². The van der Waals surface area contributed by atoms with E-state index in [9.17, 15) is 19.2 Å². The van der Waals surface area contributed by atoms with Gasteiger partial charge in [-0.1, -0.05) is 0 Å². The Morgan fingerprint density at radius 2 is 1.67 bits per heavy atom. The van der Waals surface area contributed by atoms with Crippen molar-refractivity contribution in [2.24, 2.45) is 0 Å². The first kappa shape index (κ1) is 21.7. The van der Waals surface area contributed by atoms with E-state index < -0.39 is 35.6 Å². The molecule has 9 heteroatoms. The molecule has 0 aliphatic carbocycles. The van der Waals surface area contributed by atoms with Crippen molar-refractivity contribution >= 4 is 23.9 Å². The Labute approximate surface area is 140 Å². The third-order valence-electron chi connectivity index (χ3n) is 2.79. The summed E-state index contributed by atoms with van der Waals surface area (Å²) in [5.41, 5.74) is -0.585. The fourth-order valence-corrected chi connectivity index (χ4v) is 1.72. The summed E-state index contributed by atoms with van der Waals surface area (Å²) in [6.45, 7) is 5.57. The highest BCUT2D eigenvalue weighted by atomic mass is 16.6. The van der Waals surface area contributed by atoms with Crippen LogP contribution >= 0.6 is 0 Å². The average molecular weight is 346 g/mol. The van der Waals surface area contributed by atoms with Gasteiger partial charge in [-0.2, -0.15) is 0 Å². The minimum Gasteiger partial charge on any atom is -0.481 e. The van der Waals surface area contributed by atoms with Crippen LogP contribution < -0.4 is 10.6 Å². The number of alkyl carbamates (subject to hydrolysis) is 1. The van der Waals surface area contributed by atoms with Crippen molar-refractivity contribution in [2.45, 2.75) is 64.5 Å². The van der Waals surface area contributed by atoms with Crippen LogP contribution in [-0.4, -0.2) is 52.3 Å². The summed E-state index contributed by atoms with van der Waals surface area (Å²) in [5, 5.41) is 22.4. The normalized spacial score (nSPS) is 12.1. The van der Waals surface area contributed by atoms with Gasteiger partial charge < -0.3 is 25.6 Å². The minimum absolute atomic E-state index is 0.185. The number of hydrogen-bond acceptors (Lipinski definition) is 5. The van der Waals surface area contributed by atoms with E-state index >= 15 is 0 Å². The summed E-state index contributed by atoms with van der Waals surface area (Å²) in [6, 6.07) is -1.08. The molecule has 0 fully saturated rings. The zero-order valence-electron chi connectivity index (χ0n) is 14.3. The standard InChI is InChI=1S/C15H26N2O7/c1-15(2,3)24-14(23)16-9-5-4-6-10(13(21)22)17-11(18)7-8-12(19)20/h10H,4-9H2,1-3H3,(H,16,23)(H,17,18)(H,19,20)(H,21,22)/t10-/m0/s1. The number of rotatable bonds is 10. The third kappa shape index (κ3) is 12.2. The highest BCUT2D eigenvalue weighted by Gasteiger charge is 2.20. The van der Waals surface area contributed by atoms with Gasteiger partial charge in [0.2, 0.25) is 5.91 Å². The Balaban J connectivity index is 4.02. The number of carbonyl (C=O) groups excluding carboxylic acids is 2. The number of carboxylic acid groups (broad SMARTS) is 2. The van der Waals surface area contributed by atoms with Crippen LogP contribution in [-0.2, 0) is 19.1 Å². The molecule has 0 aliphatic heterocycles. The Kier molecular flexibility index (Phi) is 9.44. The van der Waals surface area contributed by atoms with Gasteiger partial charge in [0.05, 0.1) is 6.42 Å². The van der Waals surface area contributed by atoms with E-state index in [4.69, 9.17) is 14.9 Å². The van der Waals surface area contributed by atoms with E-state index in [1.807, 2.05) is 0 Å². The topological polar surface area (TPSA) is 142 Å². The smallest absolute Gasteiger partial charge is 0.407 e. The third-order valence-corrected chi connectivity index (χ3v) is 2.79. The van der Waals surface area contributed by atoms with Crippen molar-refractivity contribution in [3.05, 3.63) is 0 Å². The molecule has 0 aliphatic rings. The first-order valence-electron chi connectivity index (χ1n) is 7.72. The molecule has 0 saturated heterocycles. The maximum atomic E-state index is 11.5. The van der Waals surface area contributed by atoms with Crippen LogP contribution in [0.25, 0.3) is 0 Å². The molecule has 0 rings (SSSR count). The van der Waals surface area contributed by atoms with Gasteiger partial charge in [-0.05, 0) is 40.0 Å². The monoisotopic (exact) mass is 346 g/mol. The fraction of sp³-hybridized carbons (Fsp3) is 0.733. The molecule has 0 aromatic rings. The van der Waals surface area contributed by atoms with Crippen LogP contribution in [0.4, 0.5) is 4.79 Å². The van der Waals surface area contributed by atoms with Gasteiger partial charge in [-0.25, -0.2) is 9.59 Å². The summed E-state index contributed by atoms with van der Waals surface area (Å²) in [5.74, 6) is -2.92. The summed E-state index contributed by atoms with van der Waals surface area (Å²) < 4.78 is 5.05. The SMILES string of the molecule is CC(C)(C)OC(=O)NCCCC[C@H](NC(=O)CCC(=O)O)C(=O)O. The van der Waals surface area contributed by atoms with E-state index in [1.165, 1.54) is 0 Å². The first-order chi connectivity index (χ1) is 11.0. The molecule has 1 atom stereocenters. The number of carboxylic acids is 2. The van der Waals surface area contributed by atoms with E-state index in [-0.39, 0.29) is 19.3 Å². The number of carbonyl (C=O) groups is 4. The highest BCUT2D eigenvalue weighted by Crippen LogP contribution is 2.07. The molecule has 0 unspecified atom stereocenters. The quantitative estimate of drug-likeness (QED) is 0.434. The number of unbranched alkanes of at least 4 members (excludes halogenated alkanes) is 1. The lowest BCUT2D eigenvalue weighted by Gasteiger charge is -2.19. The zero-order chi connectivity index (χ0) is 18.8. The first-order valence-corrected chi connectivity index (χ1v) is 7.72. The maximum Gasteiger partial charge on any atom is 0.407 e. The summed E-state index contributed by atoms with van der Waals surface area (Å²) >= 11 is 0. The van der Waals surface area contributed by atoms with Crippen molar-refractivity contribution in [3.8, 4) is 0 Å². The molecule has 0 heterocycles. The lowest BCUT2D eigenvalue weighted by atomic mass is 10.1. The summed E-state index contributed by atoms with van der Waals surface area (Å²) in [4.78, 5) is 44.3. The minimum atomic E-state index is -1.18. The van der Waals surface area contributed by atoms with Gasteiger partial charge in [0.25, 0.3) is 0 Å². The second-order valence-electron chi connectivity index (χ2n) is 6.28. The van der Waals surface area contributed by atoms with E-state index in [2.05, 4.69) is 10.6 Å². The van der Waals surface area contributed by atoms with Crippen molar-refractivity contribution in [1.82, 2.24) is 10.6 Å². The number of amides is 2. The largest absolute Gasteiger partial charge is 0.481 e. The van der Waals surface area contributed by atoms with Gasteiger partial charge in [0.15, 0.2) is 0 Å². The zero-order valence-corrected chi connectivity index (χ0v) is 14.3. The van der Waals surface area contributed by atoms with Crippen LogP contribution in [0.15, 0.2) is 0 Å². The predicted molar refractivity (Wildman–Crippen MR) is 84.5 cm³/mol. The van der Waals surface area contributed by atoms with Crippen molar-refractivity contribution in [1.29, 1.82) is 0 Å². The molecule has 138 valence electrons. The fourth-order valence-electron chi connectivity index (χ4n) is 1.72. The molecular weight excluding hydrogens is 320 g/mol. The number of ether oxygens (including phenoxy) is 1. The Morgan fingerprint density at radius 1 is 1.04 bits per heavy atom. The number of aliphatic carboxylic acids is 2. The van der Waals surface area contributed by atoms with Crippen LogP contribution in [0.3, 0.4) is 0 Å². The molecule has 0 aromatic carbocycles. The molecule has 0 aromatic heterocycles. The second kappa shape index (κ2) is 10.5. The number of hydrogen-bond donors (Lipinski definition) is 4. The molecule has 0 saturated carbocycles. The highest BCUT2D eigenvalue weighted by molar-refractivity contribution is 5.85. The molecule has 4 N–H and O–H groups in total. The van der Waals surface area contributed by atoms with Crippen molar-refractivity contribution in [2.75, 3.05) is 6.54 Å². The van der Waals surface area contributed by atoms with Crippen molar-refractivity contribution < 1.29 is 34.1 Å². The van der Waals surface area contributed by atoms with Crippen LogP contribution in [0.2, 0.25) is 0 Å². The van der Waals surface area contributed by atoms with Gasteiger partial charge >= 0.3 is 18.0 Å². The molecule has 24 heavy (non-hydrogen) atoms. The molecule has 9 nitrogen and oxygen atoms in total. The lowest BCUT2D eigenvalue weighted by molar-refractivity contribution is -0.142. The average Bonchev–Trinajstić information content (AvgIpc) is 2.41. The molecule has 0 bridgehead atoms. The molecule has 0 spiro atoms.